The fourth-order valence-corrected chi connectivity index (χ4v) is 6.79. The number of hydrogen-bond donors (Lipinski definition) is 1. The van der Waals surface area contributed by atoms with Crippen LogP contribution in [0.5, 0.6) is 0 Å². The van der Waals surface area contributed by atoms with Crippen LogP contribution in [-0.2, 0) is 24.9 Å². The molecule has 0 amide bonds. The van der Waals surface area contributed by atoms with Gasteiger partial charge in [0.1, 0.15) is 5.76 Å². The van der Waals surface area contributed by atoms with Crippen LogP contribution in [0.4, 0.5) is 0 Å². The van der Waals surface area contributed by atoms with Crippen molar-refractivity contribution in [2.24, 2.45) is 10.8 Å². The first kappa shape index (κ1) is 40.0. The molecule has 2 heterocycles. The van der Waals surface area contributed by atoms with Crippen LogP contribution in [0.1, 0.15) is 71.1 Å². The van der Waals surface area contributed by atoms with Crippen molar-refractivity contribution in [1.82, 2.24) is 9.97 Å². The standard InChI is InChI=1S/C30H29N2Si.C13H24O2.Ir/c1-19-15-20(2)17-23(16-19)30-28-18-32-29-21(3)25(11-12-27(29)26(28)13-14-31-30)22-7-9-24(10-8-22)33(4,5)6;1-7-12(3,4)10(14)9-11(15)13(5,6)8-2;/h7-16,18H,1-6H3;9,14H,7-8H2,1-6H3;/q-1;;/b;10-9-;. The average Bonchev–Trinajstić information content (AvgIpc) is 3.04. The zero-order valence-corrected chi connectivity index (χ0v) is 34.8. The molecule has 0 spiro atoms. The Bertz CT molecular complexity index is 1970. The zero-order chi connectivity index (χ0) is 35.6. The van der Waals surface area contributed by atoms with Crippen LogP contribution in [0.15, 0.2) is 78.8 Å². The predicted octanol–water partition coefficient (Wildman–Crippen LogP) is 11.3. The van der Waals surface area contributed by atoms with E-state index in [0.717, 1.165) is 40.6 Å². The van der Waals surface area contributed by atoms with Gasteiger partial charge in [0.15, 0.2) is 5.78 Å². The zero-order valence-electron chi connectivity index (χ0n) is 31.4. The van der Waals surface area contributed by atoms with E-state index in [-0.39, 0.29) is 42.5 Å². The molecule has 0 saturated carbocycles. The Hall–Kier alpha value is -3.44. The fraction of sp³-hybridized carbons (Fsp3) is 0.372. The van der Waals surface area contributed by atoms with Crippen molar-refractivity contribution in [2.45, 2.75) is 94.8 Å². The van der Waals surface area contributed by atoms with E-state index in [1.807, 2.05) is 53.9 Å². The van der Waals surface area contributed by atoms with Gasteiger partial charge < -0.3 is 10.1 Å². The smallest absolute Gasteiger partial charge is 0.164 e. The molecule has 0 aliphatic heterocycles. The molecule has 49 heavy (non-hydrogen) atoms. The molecule has 3 aromatic carbocycles. The summed E-state index contributed by atoms with van der Waals surface area (Å²) in [4.78, 5) is 21.5. The number of hydrogen-bond acceptors (Lipinski definition) is 4. The SMILES string of the molecule is CCC(C)(C)C(=O)/C=C(\O)C(C)(C)CC.Cc1[c-]c(-c2nccc3c2cnc2c(C)c(-c4ccc([Si](C)(C)C)cc4)ccc23)cc(C)c1.[Ir]. The topological polar surface area (TPSA) is 63.1 Å². The first-order chi connectivity index (χ1) is 22.4. The minimum atomic E-state index is -1.31. The van der Waals surface area contributed by atoms with Crippen molar-refractivity contribution in [3.8, 4) is 22.4 Å². The normalized spacial score (nSPS) is 12.4. The van der Waals surface area contributed by atoms with Crippen molar-refractivity contribution in [3.63, 3.8) is 0 Å². The van der Waals surface area contributed by atoms with E-state index in [2.05, 4.69) is 101 Å². The van der Waals surface area contributed by atoms with Crippen molar-refractivity contribution >= 4 is 40.7 Å². The van der Waals surface area contributed by atoms with Gasteiger partial charge in [-0.3, -0.25) is 9.78 Å². The number of pyridine rings is 2. The van der Waals surface area contributed by atoms with E-state index < -0.39 is 8.07 Å². The van der Waals surface area contributed by atoms with E-state index in [0.29, 0.717) is 0 Å². The summed E-state index contributed by atoms with van der Waals surface area (Å²) in [5.74, 6) is 0.195. The van der Waals surface area contributed by atoms with Gasteiger partial charge in [0.25, 0.3) is 0 Å². The van der Waals surface area contributed by atoms with Crippen LogP contribution in [0.2, 0.25) is 19.6 Å². The summed E-state index contributed by atoms with van der Waals surface area (Å²) < 4.78 is 0. The summed E-state index contributed by atoms with van der Waals surface area (Å²) in [6.45, 7) is 25.2. The fourth-order valence-electron chi connectivity index (χ4n) is 5.62. The third-order valence-electron chi connectivity index (χ3n) is 9.90. The van der Waals surface area contributed by atoms with Gasteiger partial charge in [0.2, 0.25) is 0 Å². The van der Waals surface area contributed by atoms with Gasteiger partial charge in [0.05, 0.1) is 13.6 Å². The van der Waals surface area contributed by atoms with Crippen molar-refractivity contribution in [1.29, 1.82) is 0 Å². The number of aliphatic hydroxyl groups excluding tert-OH is 1. The number of aryl methyl sites for hydroxylation is 3. The molecular weight excluding hydrogens is 797 g/mol. The molecule has 0 saturated heterocycles. The molecule has 0 aliphatic rings. The minimum absolute atomic E-state index is 0. The van der Waals surface area contributed by atoms with Crippen LogP contribution in [-0.4, -0.2) is 28.9 Å². The van der Waals surface area contributed by atoms with Gasteiger partial charge in [-0.15, -0.1) is 34.9 Å². The van der Waals surface area contributed by atoms with Crippen molar-refractivity contribution in [3.05, 3.63) is 102 Å². The van der Waals surface area contributed by atoms with Crippen molar-refractivity contribution < 1.29 is 30.0 Å². The summed E-state index contributed by atoms with van der Waals surface area (Å²) >= 11 is 0. The quantitative estimate of drug-likeness (QED) is 0.0555. The van der Waals surface area contributed by atoms with Gasteiger partial charge in [-0.25, -0.2) is 0 Å². The summed E-state index contributed by atoms with van der Waals surface area (Å²) in [5.41, 5.74) is 8.38. The molecule has 0 fully saturated rings. The molecule has 0 unspecified atom stereocenters. The molecule has 2 aromatic heterocycles. The molecule has 5 rings (SSSR count). The molecule has 6 heteroatoms. The maximum Gasteiger partial charge on any atom is 0.164 e. The molecule has 0 atom stereocenters. The van der Waals surface area contributed by atoms with E-state index in [9.17, 15) is 9.90 Å². The van der Waals surface area contributed by atoms with Crippen LogP contribution in [0.25, 0.3) is 44.1 Å². The van der Waals surface area contributed by atoms with Crippen LogP contribution in [0, 0.1) is 37.7 Å². The molecule has 1 radical (unpaired) electrons. The van der Waals surface area contributed by atoms with E-state index in [1.165, 1.54) is 44.3 Å². The van der Waals surface area contributed by atoms with Gasteiger partial charge in [-0.05, 0) is 59.0 Å². The Morgan fingerprint density at radius 2 is 1.47 bits per heavy atom. The number of aliphatic hydroxyl groups is 1. The molecule has 0 bridgehead atoms. The molecule has 0 aliphatic carbocycles. The maximum atomic E-state index is 11.8. The Kier molecular flexibility index (Phi) is 12.8. The van der Waals surface area contributed by atoms with E-state index >= 15 is 0 Å². The number of benzene rings is 3. The predicted molar refractivity (Wildman–Crippen MR) is 208 cm³/mol. The van der Waals surface area contributed by atoms with E-state index in [1.54, 1.807) is 0 Å². The third-order valence-corrected chi connectivity index (χ3v) is 12.0. The second kappa shape index (κ2) is 15.6. The number of allylic oxidation sites excluding steroid dienone is 2. The monoisotopic (exact) mass is 850 g/mol. The van der Waals surface area contributed by atoms with Crippen LogP contribution < -0.4 is 5.19 Å². The molecular formula is C43H53IrN2O2Si-. The number of nitrogens with zero attached hydrogens (tertiary/aromatic N) is 2. The summed E-state index contributed by atoms with van der Waals surface area (Å²) in [6, 6.07) is 23.5. The summed E-state index contributed by atoms with van der Waals surface area (Å²) in [5, 5.41) is 14.7. The minimum Gasteiger partial charge on any atom is -0.512 e. The first-order valence-electron chi connectivity index (χ1n) is 17.1. The largest absolute Gasteiger partial charge is 0.512 e. The van der Waals surface area contributed by atoms with Gasteiger partial charge in [-0.1, -0.05) is 117 Å². The first-order valence-corrected chi connectivity index (χ1v) is 20.6. The molecule has 261 valence electrons. The molecule has 5 aromatic rings. The number of ketones is 1. The molecule has 4 nitrogen and oxygen atoms in total. The Morgan fingerprint density at radius 1 is 0.837 bits per heavy atom. The molecule has 1 N–H and O–H groups in total. The number of carbonyl (C=O) groups is 1. The Labute approximate surface area is 308 Å². The van der Waals surface area contributed by atoms with Gasteiger partial charge >= 0.3 is 0 Å². The number of fused-ring (bicyclic) bond motifs is 3. The second-order valence-corrected chi connectivity index (χ2v) is 20.5. The number of carbonyl (C=O) groups excluding carboxylic acids is 1. The van der Waals surface area contributed by atoms with Gasteiger partial charge in [-0.2, -0.15) is 0 Å². The average molecular weight is 850 g/mol. The second-order valence-electron chi connectivity index (χ2n) is 15.5. The Balaban J connectivity index is 0.000000347. The van der Waals surface area contributed by atoms with Crippen LogP contribution >= 0.6 is 0 Å². The number of rotatable bonds is 8. The summed E-state index contributed by atoms with van der Waals surface area (Å²) in [7, 11) is -1.31. The Morgan fingerprint density at radius 3 is 2.04 bits per heavy atom. The third kappa shape index (κ3) is 9.03. The maximum absolute atomic E-state index is 11.8. The number of aromatic nitrogens is 2. The summed E-state index contributed by atoms with van der Waals surface area (Å²) in [6.07, 6.45) is 6.88. The van der Waals surface area contributed by atoms with Gasteiger partial charge in [0, 0.05) is 54.8 Å². The van der Waals surface area contributed by atoms with Crippen LogP contribution in [0.3, 0.4) is 0 Å². The van der Waals surface area contributed by atoms with Crippen molar-refractivity contribution in [2.75, 3.05) is 0 Å². The van der Waals surface area contributed by atoms with E-state index in [4.69, 9.17) is 9.97 Å².